The van der Waals surface area contributed by atoms with Gasteiger partial charge in [-0.15, -0.1) is 0 Å². The number of rotatable bonds is 2. The zero-order valence-corrected chi connectivity index (χ0v) is 12.6. The molecule has 0 spiro atoms. The van der Waals surface area contributed by atoms with Crippen LogP contribution in [0.4, 0.5) is 0 Å². The second-order valence-electron chi connectivity index (χ2n) is 6.70. The highest BCUT2D eigenvalue weighted by molar-refractivity contribution is 5.80. The zero-order valence-electron chi connectivity index (χ0n) is 12.6. The van der Waals surface area contributed by atoms with Gasteiger partial charge in [-0.1, -0.05) is 0 Å². The van der Waals surface area contributed by atoms with Crippen molar-refractivity contribution in [3.05, 3.63) is 30.5 Å². The topological polar surface area (TPSA) is 28.3 Å². The predicted octanol–water partition coefficient (Wildman–Crippen LogP) is 3.81. The van der Waals surface area contributed by atoms with Crippen LogP contribution >= 0.6 is 0 Å². The number of H-pyrrole nitrogens is 1. The summed E-state index contributed by atoms with van der Waals surface area (Å²) in [4.78, 5) is 5.75. The van der Waals surface area contributed by atoms with Gasteiger partial charge in [0.05, 0.1) is 0 Å². The number of hydrogen-bond donors (Lipinski definition) is 1. The van der Waals surface area contributed by atoms with Crippen molar-refractivity contribution in [3.8, 4) is 5.75 Å². The minimum absolute atomic E-state index is 0.273. The predicted molar refractivity (Wildman–Crippen MR) is 83.3 cm³/mol. The summed E-state index contributed by atoms with van der Waals surface area (Å²) in [6, 6.07) is 8.37. The van der Waals surface area contributed by atoms with Gasteiger partial charge in [0.1, 0.15) is 11.9 Å². The lowest BCUT2D eigenvalue weighted by molar-refractivity contribution is 0.0492. The number of nitrogens with one attached hydrogen (secondary N) is 1. The molecule has 1 aliphatic rings. The Morgan fingerprint density at radius 1 is 1.15 bits per heavy atom. The quantitative estimate of drug-likeness (QED) is 0.900. The molecule has 2 heterocycles. The van der Waals surface area contributed by atoms with Crippen molar-refractivity contribution in [3.63, 3.8) is 0 Å². The van der Waals surface area contributed by atoms with Crippen LogP contribution in [0, 0.1) is 0 Å². The first-order valence-corrected chi connectivity index (χ1v) is 7.51. The minimum Gasteiger partial charge on any atom is -0.490 e. The van der Waals surface area contributed by atoms with Crippen LogP contribution in [0.25, 0.3) is 10.9 Å². The first-order chi connectivity index (χ1) is 9.52. The van der Waals surface area contributed by atoms with Gasteiger partial charge in [0.15, 0.2) is 0 Å². The molecular formula is C17H24N2O. The van der Waals surface area contributed by atoms with Crippen LogP contribution in [0.3, 0.4) is 0 Å². The molecule has 0 amide bonds. The maximum Gasteiger partial charge on any atom is 0.120 e. The number of aromatic amines is 1. The first-order valence-electron chi connectivity index (χ1n) is 7.51. The van der Waals surface area contributed by atoms with Gasteiger partial charge >= 0.3 is 0 Å². The lowest BCUT2D eigenvalue weighted by Crippen LogP contribution is -2.48. The average molecular weight is 272 g/mol. The highest BCUT2D eigenvalue weighted by Gasteiger charge is 2.27. The molecule has 1 N–H and O–H groups in total. The molecule has 2 aromatic rings. The van der Waals surface area contributed by atoms with Gasteiger partial charge in [-0.2, -0.15) is 0 Å². The molecule has 0 atom stereocenters. The normalized spacial score (nSPS) is 18.6. The number of nitrogens with zero attached hydrogens (tertiary/aromatic N) is 1. The smallest absolute Gasteiger partial charge is 0.120 e. The molecule has 1 aromatic carbocycles. The Kier molecular flexibility index (Phi) is 3.47. The van der Waals surface area contributed by atoms with E-state index in [1.165, 1.54) is 10.9 Å². The lowest BCUT2D eigenvalue weighted by atomic mass is 9.99. The standard InChI is InChI=1S/C17H24N2O/c1-17(2,3)19-10-7-14(8-11-19)20-15-4-5-16-13(12-15)6-9-18-16/h4-6,9,12,14,18H,7-8,10-11H2,1-3H3. The summed E-state index contributed by atoms with van der Waals surface area (Å²) in [5.74, 6) is 0.992. The number of benzene rings is 1. The fraction of sp³-hybridized carbons (Fsp3) is 0.529. The van der Waals surface area contributed by atoms with Crippen LogP contribution in [-0.4, -0.2) is 34.6 Å². The van der Waals surface area contributed by atoms with Gasteiger partial charge in [-0.05, 0) is 57.9 Å². The van der Waals surface area contributed by atoms with Crippen LogP contribution in [0.2, 0.25) is 0 Å². The third-order valence-electron chi connectivity index (χ3n) is 4.22. The van der Waals surface area contributed by atoms with E-state index in [2.05, 4.69) is 54.9 Å². The van der Waals surface area contributed by atoms with E-state index in [0.29, 0.717) is 6.10 Å². The van der Waals surface area contributed by atoms with Crippen molar-refractivity contribution >= 4 is 10.9 Å². The molecule has 1 saturated heterocycles. The van der Waals surface area contributed by atoms with E-state index in [0.717, 1.165) is 31.7 Å². The molecule has 3 nitrogen and oxygen atoms in total. The molecule has 1 aromatic heterocycles. The van der Waals surface area contributed by atoms with E-state index in [4.69, 9.17) is 4.74 Å². The van der Waals surface area contributed by atoms with Crippen molar-refractivity contribution in [2.45, 2.75) is 45.3 Å². The second-order valence-corrected chi connectivity index (χ2v) is 6.70. The monoisotopic (exact) mass is 272 g/mol. The number of hydrogen-bond acceptors (Lipinski definition) is 2. The lowest BCUT2D eigenvalue weighted by Gasteiger charge is -2.40. The van der Waals surface area contributed by atoms with Crippen LogP contribution in [0.1, 0.15) is 33.6 Å². The number of aromatic nitrogens is 1. The first kappa shape index (κ1) is 13.5. The van der Waals surface area contributed by atoms with E-state index in [1.54, 1.807) is 0 Å². The molecule has 0 unspecified atom stereocenters. The summed E-state index contributed by atoms with van der Waals surface area (Å²) < 4.78 is 6.15. The molecule has 0 bridgehead atoms. The van der Waals surface area contributed by atoms with E-state index in [1.807, 2.05) is 6.20 Å². The van der Waals surface area contributed by atoms with Gasteiger partial charge in [0.2, 0.25) is 0 Å². The van der Waals surface area contributed by atoms with Gasteiger partial charge in [0.25, 0.3) is 0 Å². The van der Waals surface area contributed by atoms with Crippen molar-refractivity contribution in [2.24, 2.45) is 0 Å². The highest BCUT2D eigenvalue weighted by Crippen LogP contribution is 2.25. The molecule has 3 rings (SSSR count). The summed E-state index contributed by atoms with van der Waals surface area (Å²) in [5.41, 5.74) is 1.44. The molecule has 3 heteroatoms. The summed E-state index contributed by atoms with van der Waals surface area (Å²) in [6.07, 6.45) is 4.55. The molecular weight excluding hydrogens is 248 g/mol. The maximum absolute atomic E-state index is 6.15. The zero-order chi connectivity index (χ0) is 14.2. The van der Waals surface area contributed by atoms with E-state index in [9.17, 15) is 0 Å². The molecule has 0 aliphatic carbocycles. The Hall–Kier alpha value is -1.48. The maximum atomic E-state index is 6.15. The molecule has 0 saturated carbocycles. The molecule has 108 valence electrons. The Balaban J connectivity index is 1.62. The fourth-order valence-corrected chi connectivity index (χ4v) is 2.94. The van der Waals surface area contributed by atoms with Gasteiger partial charge < -0.3 is 9.72 Å². The highest BCUT2D eigenvalue weighted by atomic mass is 16.5. The fourth-order valence-electron chi connectivity index (χ4n) is 2.94. The number of piperidine rings is 1. The minimum atomic E-state index is 0.273. The van der Waals surface area contributed by atoms with E-state index < -0.39 is 0 Å². The van der Waals surface area contributed by atoms with Crippen LogP contribution < -0.4 is 4.74 Å². The number of likely N-dealkylation sites (tertiary alicyclic amines) is 1. The van der Waals surface area contributed by atoms with E-state index >= 15 is 0 Å². The van der Waals surface area contributed by atoms with Crippen LogP contribution in [-0.2, 0) is 0 Å². The summed E-state index contributed by atoms with van der Waals surface area (Å²) in [6.45, 7) is 9.11. The van der Waals surface area contributed by atoms with Gasteiger partial charge in [-0.3, -0.25) is 4.90 Å². The summed E-state index contributed by atoms with van der Waals surface area (Å²) in [7, 11) is 0. The third kappa shape index (κ3) is 2.83. The van der Waals surface area contributed by atoms with E-state index in [-0.39, 0.29) is 5.54 Å². The van der Waals surface area contributed by atoms with Crippen LogP contribution in [0.15, 0.2) is 30.5 Å². The van der Waals surface area contributed by atoms with Crippen molar-refractivity contribution in [1.29, 1.82) is 0 Å². The Morgan fingerprint density at radius 3 is 2.60 bits per heavy atom. The van der Waals surface area contributed by atoms with Crippen LogP contribution in [0.5, 0.6) is 5.75 Å². The second kappa shape index (κ2) is 5.13. The third-order valence-corrected chi connectivity index (χ3v) is 4.22. The Bertz CT molecular complexity index is 574. The molecule has 0 radical (unpaired) electrons. The molecule has 1 aliphatic heterocycles. The summed E-state index contributed by atoms with van der Waals surface area (Å²) >= 11 is 0. The van der Waals surface area contributed by atoms with Crippen molar-refractivity contribution in [1.82, 2.24) is 9.88 Å². The van der Waals surface area contributed by atoms with Gasteiger partial charge in [-0.25, -0.2) is 0 Å². The van der Waals surface area contributed by atoms with Gasteiger partial charge in [0, 0.05) is 35.7 Å². The molecule has 20 heavy (non-hydrogen) atoms. The SMILES string of the molecule is CC(C)(C)N1CCC(Oc2ccc3[nH]ccc3c2)CC1. The largest absolute Gasteiger partial charge is 0.490 e. The Labute approximate surface area is 120 Å². The van der Waals surface area contributed by atoms with Crippen molar-refractivity contribution in [2.75, 3.05) is 13.1 Å². The average Bonchev–Trinajstić information content (AvgIpc) is 2.86. The summed E-state index contributed by atoms with van der Waals surface area (Å²) in [5, 5.41) is 1.22. The van der Waals surface area contributed by atoms with Crippen molar-refractivity contribution < 1.29 is 4.74 Å². The Morgan fingerprint density at radius 2 is 1.90 bits per heavy atom. The number of fused-ring (bicyclic) bond motifs is 1. The number of ether oxygens (including phenoxy) is 1. The molecule has 1 fully saturated rings.